The van der Waals surface area contributed by atoms with Gasteiger partial charge in [0, 0.05) is 34.5 Å². The van der Waals surface area contributed by atoms with Crippen molar-refractivity contribution in [2.24, 2.45) is 0 Å². The second kappa shape index (κ2) is 12.1. The van der Waals surface area contributed by atoms with Crippen molar-refractivity contribution < 1.29 is 28.7 Å². The molecule has 0 spiro atoms. The number of nitrogens with one attached hydrogen (secondary N) is 2. The van der Waals surface area contributed by atoms with Gasteiger partial charge in [-0.3, -0.25) is 14.4 Å². The lowest BCUT2D eigenvalue weighted by atomic mass is 10.0. The third kappa shape index (κ3) is 6.35. The minimum absolute atomic E-state index is 0.0342. The molecule has 11 heteroatoms. The molecule has 3 aromatic rings. The van der Waals surface area contributed by atoms with E-state index in [9.17, 15) is 19.2 Å². The third-order valence-electron chi connectivity index (χ3n) is 5.96. The molecule has 2 N–H and O–H groups in total. The Morgan fingerprint density at radius 3 is 2.50 bits per heavy atom. The van der Waals surface area contributed by atoms with Crippen molar-refractivity contribution in [1.29, 1.82) is 0 Å². The van der Waals surface area contributed by atoms with Gasteiger partial charge in [-0.1, -0.05) is 6.07 Å². The minimum Gasteiger partial charge on any atom is -0.497 e. The zero-order valence-electron chi connectivity index (χ0n) is 21.2. The molecule has 9 nitrogen and oxygen atoms in total. The number of esters is 1. The number of amides is 3. The van der Waals surface area contributed by atoms with Gasteiger partial charge >= 0.3 is 5.97 Å². The number of thiophene rings is 1. The lowest BCUT2D eigenvalue weighted by molar-refractivity contribution is -0.129. The Kier molecular flexibility index (Phi) is 8.70. The lowest BCUT2D eigenvalue weighted by Gasteiger charge is -2.25. The molecule has 0 unspecified atom stereocenters. The monoisotopic (exact) mass is 553 g/mol. The Hall–Kier alpha value is -3.83. The zero-order valence-corrected chi connectivity index (χ0v) is 22.8. The van der Waals surface area contributed by atoms with Crippen LogP contribution in [0.15, 0.2) is 53.4 Å². The number of hydrogen-bond donors (Lipinski definition) is 2. The second-order valence-corrected chi connectivity index (χ2v) is 10.6. The van der Waals surface area contributed by atoms with E-state index in [0.717, 1.165) is 15.3 Å². The Balaban J connectivity index is 1.39. The summed E-state index contributed by atoms with van der Waals surface area (Å²) in [6.07, 6.45) is 0.523. The number of ether oxygens (including phenoxy) is 2. The van der Waals surface area contributed by atoms with Crippen molar-refractivity contribution in [2.45, 2.75) is 24.8 Å². The summed E-state index contributed by atoms with van der Waals surface area (Å²) >= 11 is 2.60. The molecule has 0 saturated carbocycles. The van der Waals surface area contributed by atoms with E-state index in [4.69, 9.17) is 9.47 Å². The average molecular weight is 554 g/mol. The molecule has 0 atom stereocenters. The first-order chi connectivity index (χ1) is 18.3. The summed E-state index contributed by atoms with van der Waals surface area (Å²) in [5.74, 6) is -0.325. The van der Waals surface area contributed by atoms with Crippen molar-refractivity contribution in [2.75, 3.05) is 37.2 Å². The molecule has 4 rings (SSSR count). The van der Waals surface area contributed by atoms with Gasteiger partial charge in [-0.15, -0.1) is 23.1 Å². The van der Waals surface area contributed by atoms with Crippen LogP contribution in [-0.2, 0) is 27.3 Å². The number of nitrogens with zero attached hydrogens (tertiary/aromatic N) is 1. The summed E-state index contributed by atoms with van der Waals surface area (Å²) < 4.78 is 10.1. The highest BCUT2D eigenvalue weighted by molar-refractivity contribution is 8.00. The maximum absolute atomic E-state index is 12.8. The summed E-state index contributed by atoms with van der Waals surface area (Å²) in [6.45, 7) is 2.43. The van der Waals surface area contributed by atoms with Crippen LogP contribution in [0.3, 0.4) is 0 Å². The smallest absolute Gasteiger partial charge is 0.341 e. The van der Waals surface area contributed by atoms with Gasteiger partial charge in [-0.2, -0.15) is 0 Å². The number of anilines is 2. The molecule has 0 fully saturated rings. The summed E-state index contributed by atoms with van der Waals surface area (Å²) in [4.78, 5) is 53.1. The zero-order chi connectivity index (χ0) is 27.2. The van der Waals surface area contributed by atoms with Crippen LogP contribution < -0.4 is 15.4 Å². The van der Waals surface area contributed by atoms with Crippen LogP contribution in [0.2, 0.25) is 0 Å². The first-order valence-electron chi connectivity index (χ1n) is 11.8. The second-order valence-electron chi connectivity index (χ2n) is 8.44. The normalized spacial score (nSPS) is 12.3. The van der Waals surface area contributed by atoms with Gasteiger partial charge in [0.15, 0.2) is 0 Å². The summed E-state index contributed by atoms with van der Waals surface area (Å²) in [5.41, 5.74) is 2.28. The first-order valence-corrected chi connectivity index (χ1v) is 13.6. The molecular weight excluding hydrogens is 526 g/mol. The molecule has 198 valence electrons. The highest BCUT2D eigenvalue weighted by Crippen LogP contribution is 2.38. The molecule has 1 aliphatic rings. The van der Waals surface area contributed by atoms with E-state index in [0.29, 0.717) is 47.1 Å². The van der Waals surface area contributed by atoms with Crippen LogP contribution in [-0.4, -0.2) is 55.1 Å². The number of carbonyl (C=O) groups is 4. The Labute approximate surface area is 228 Å². The number of methoxy groups -OCH3 is 2. The van der Waals surface area contributed by atoms with Crippen LogP contribution in [0.5, 0.6) is 5.75 Å². The van der Waals surface area contributed by atoms with Crippen molar-refractivity contribution in [3.8, 4) is 5.75 Å². The predicted molar refractivity (Wildman–Crippen MR) is 147 cm³/mol. The maximum Gasteiger partial charge on any atom is 0.341 e. The number of rotatable bonds is 8. The van der Waals surface area contributed by atoms with Crippen molar-refractivity contribution in [3.05, 3.63) is 70.1 Å². The standard InChI is InChI=1S/C27H27N3O6S2/c1-16(31)30-12-11-21-22(14-30)38-26(24(21)27(34)36-3)29-23(32)15-37-20-6-4-5-18(13-20)28-25(33)17-7-9-19(35-2)10-8-17/h4-10,13H,11-12,14-15H2,1-3H3,(H,28,33)(H,29,32). The van der Waals surface area contributed by atoms with E-state index in [1.54, 1.807) is 54.5 Å². The Morgan fingerprint density at radius 2 is 1.82 bits per heavy atom. The average Bonchev–Trinajstić information content (AvgIpc) is 3.28. The van der Waals surface area contributed by atoms with Crippen LogP contribution >= 0.6 is 23.1 Å². The molecule has 0 saturated heterocycles. The SMILES string of the molecule is COC(=O)c1c(NC(=O)CSc2cccc(NC(=O)c3ccc(OC)cc3)c2)sc2c1CCN(C(C)=O)C2. The largest absolute Gasteiger partial charge is 0.497 e. The van der Waals surface area contributed by atoms with Crippen LogP contribution in [0.25, 0.3) is 0 Å². The molecule has 0 radical (unpaired) electrons. The molecule has 2 heterocycles. The van der Waals surface area contributed by atoms with E-state index < -0.39 is 5.97 Å². The summed E-state index contributed by atoms with van der Waals surface area (Å²) in [6, 6.07) is 14.0. The minimum atomic E-state index is -0.512. The van der Waals surface area contributed by atoms with Crippen LogP contribution in [0, 0.1) is 0 Å². The predicted octanol–water partition coefficient (Wildman–Crippen LogP) is 4.43. The van der Waals surface area contributed by atoms with Gasteiger partial charge < -0.3 is 25.0 Å². The Bertz CT molecular complexity index is 1370. The molecule has 3 amide bonds. The maximum atomic E-state index is 12.8. The third-order valence-corrected chi connectivity index (χ3v) is 8.08. The number of carbonyl (C=O) groups excluding carboxylic acids is 4. The van der Waals surface area contributed by atoms with Crippen LogP contribution in [0.4, 0.5) is 10.7 Å². The topological polar surface area (TPSA) is 114 Å². The fourth-order valence-electron chi connectivity index (χ4n) is 4.00. The molecule has 1 aromatic heterocycles. The van der Waals surface area contributed by atoms with E-state index in [-0.39, 0.29) is 23.5 Å². The molecular formula is C27H27N3O6S2. The van der Waals surface area contributed by atoms with Gasteiger partial charge in [-0.25, -0.2) is 4.79 Å². The van der Waals surface area contributed by atoms with E-state index in [1.165, 1.54) is 37.1 Å². The number of hydrogen-bond acceptors (Lipinski definition) is 8. The van der Waals surface area contributed by atoms with Gasteiger partial charge in [-0.05, 0) is 54.4 Å². The molecule has 0 aliphatic carbocycles. The van der Waals surface area contributed by atoms with Crippen molar-refractivity contribution in [1.82, 2.24) is 4.90 Å². The summed E-state index contributed by atoms with van der Waals surface area (Å²) in [5, 5.41) is 6.14. The lowest BCUT2D eigenvalue weighted by Crippen LogP contribution is -2.33. The first kappa shape index (κ1) is 27.2. The Morgan fingerprint density at radius 1 is 1.05 bits per heavy atom. The number of benzene rings is 2. The van der Waals surface area contributed by atoms with E-state index >= 15 is 0 Å². The highest BCUT2D eigenvalue weighted by atomic mass is 32.2. The van der Waals surface area contributed by atoms with Crippen molar-refractivity contribution >= 4 is 57.5 Å². The summed E-state index contributed by atoms with van der Waals surface area (Å²) in [7, 11) is 2.87. The van der Waals surface area contributed by atoms with E-state index in [2.05, 4.69) is 10.6 Å². The molecule has 0 bridgehead atoms. The van der Waals surface area contributed by atoms with Gasteiger partial charge in [0.05, 0.1) is 32.1 Å². The number of fused-ring (bicyclic) bond motifs is 1. The van der Waals surface area contributed by atoms with Gasteiger partial charge in [0.1, 0.15) is 10.8 Å². The number of thioether (sulfide) groups is 1. The van der Waals surface area contributed by atoms with Crippen LogP contribution in [0.1, 0.15) is 38.1 Å². The fraction of sp³-hybridized carbons (Fsp3) is 0.259. The van der Waals surface area contributed by atoms with Gasteiger partial charge in [0.25, 0.3) is 5.91 Å². The fourth-order valence-corrected chi connectivity index (χ4v) is 6.02. The highest BCUT2D eigenvalue weighted by Gasteiger charge is 2.30. The van der Waals surface area contributed by atoms with E-state index in [1.807, 2.05) is 6.07 Å². The van der Waals surface area contributed by atoms with Crippen molar-refractivity contribution in [3.63, 3.8) is 0 Å². The molecule has 38 heavy (non-hydrogen) atoms. The quantitative estimate of drug-likeness (QED) is 0.313. The molecule has 2 aromatic carbocycles. The molecule has 1 aliphatic heterocycles. The van der Waals surface area contributed by atoms with Gasteiger partial charge in [0.2, 0.25) is 11.8 Å².